The number of carbonyl (C=O) groups excluding carboxylic acids is 1. The highest BCUT2D eigenvalue weighted by Crippen LogP contribution is 2.36. The standard InChI is InChI=1S/C15H14ClF3N2O3S/c1-8-5-11(24-21-8)7-25(23)9(2)14(22)20-13-4-3-10(16)6-12(13)15(17,18)19/h3-6,9H,7H2,1-2H3,(H,20,22)/t9-,25-/m1/s1. The van der Waals surface area contributed by atoms with Gasteiger partial charge in [0.2, 0.25) is 5.91 Å². The minimum absolute atomic E-state index is 0.0673. The molecule has 5 nitrogen and oxygen atoms in total. The van der Waals surface area contributed by atoms with E-state index in [0.717, 1.165) is 12.1 Å². The minimum atomic E-state index is -4.69. The molecule has 0 aliphatic heterocycles. The second-order valence-corrected chi connectivity index (χ2v) is 7.47. The van der Waals surface area contributed by atoms with Crippen LogP contribution in [0.1, 0.15) is 23.9 Å². The van der Waals surface area contributed by atoms with Gasteiger partial charge in [0, 0.05) is 21.9 Å². The van der Waals surface area contributed by atoms with Gasteiger partial charge in [0.15, 0.2) is 0 Å². The first-order valence-corrected chi connectivity index (χ1v) is 8.81. The average molecular weight is 395 g/mol. The van der Waals surface area contributed by atoms with Crippen LogP contribution in [-0.2, 0) is 27.5 Å². The van der Waals surface area contributed by atoms with E-state index in [0.29, 0.717) is 11.5 Å². The van der Waals surface area contributed by atoms with E-state index in [2.05, 4.69) is 10.5 Å². The fourth-order valence-electron chi connectivity index (χ4n) is 1.96. The van der Waals surface area contributed by atoms with Gasteiger partial charge < -0.3 is 9.84 Å². The molecule has 2 aromatic rings. The Labute approximate surface area is 149 Å². The van der Waals surface area contributed by atoms with E-state index in [9.17, 15) is 22.2 Å². The zero-order valence-electron chi connectivity index (χ0n) is 13.2. The summed E-state index contributed by atoms with van der Waals surface area (Å²) in [7, 11) is -1.69. The van der Waals surface area contributed by atoms with Crippen LogP contribution in [0.25, 0.3) is 0 Å². The fraction of sp³-hybridized carbons (Fsp3) is 0.333. The number of carbonyl (C=O) groups is 1. The summed E-state index contributed by atoms with van der Waals surface area (Å²) >= 11 is 5.59. The molecular weight excluding hydrogens is 381 g/mol. The first-order chi connectivity index (χ1) is 11.6. The van der Waals surface area contributed by atoms with Crippen LogP contribution in [0.4, 0.5) is 18.9 Å². The quantitative estimate of drug-likeness (QED) is 0.834. The highest BCUT2D eigenvalue weighted by molar-refractivity contribution is 7.85. The van der Waals surface area contributed by atoms with E-state index in [1.807, 2.05) is 0 Å². The van der Waals surface area contributed by atoms with Gasteiger partial charge in [-0.1, -0.05) is 16.8 Å². The second kappa shape index (κ2) is 7.57. The number of nitrogens with one attached hydrogen (secondary N) is 1. The second-order valence-electron chi connectivity index (χ2n) is 5.28. The molecule has 2 atom stereocenters. The number of benzene rings is 1. The lowest BCUT2D eigenvalue weighted by atomic mass is 10.1. The zero-order chi connectivity index (χ0) is 18.8. The normalized spacial score (nSPS) is 14.2. The van der Waals surface area contributed by atoms with Crippen molar-refractivity contribution < 1.29 is 26.7 Å². The Morgan fingerprint density at radius 3 is 2.64 bits per heavy atom. The van der Waals surface area contributed by atoms with E-state index in [1.54, 1.807) is 13.0 Å². The van der Waals surface area contributed by atoms with Crippen molar-refractivity contribution in [2.75, 3.05) is 5.32 Å². The Morgan fingerprint density at radius 1 is 1.40 bits per heavy atom. The van der Waals surface area contributed by atoms with Crippen molar-refractivity contribution in [3.63, 3.8) is 0 Å². The molecular formula is C15H14ClF3N2O3S. The molecule has 1 N–H and O–H groups in total. The van der Waals surface area contributed by atoms with Crippen LogP contribution in [0.5, 0.6) is 0 Å². The van der Waals surface area contributed by atoms with E-state index in [4.69, 9.17) is 16.1 Å². The Hall–Kier alpha value is -1.87. The summed E-state index contributed by atoms with van der Waals surface area (Å²) in [5, 5.41) is 4.64. The number of alkyl halides is 3. The van der Waals surface area contributed by atoms with Gasteiger partial charge in [0.1, 0.15) is 11.0 Å². The number of nitrogens with zero attached hydrogens (tertiary/aromatic N) is 1. The third-order valence-electron chi connectivity index (χ3n) is 3.27. The van der Waals surface area contributed by atoms with Crippen molar-refractivity contribution in [3.05, 3.63) is 46.3 Å². The third-order valence-corrected chi connectivity index (χ3v) is 5.08. The number of aryl methyl sites for hydroxylation is 1. The third kappa shape index (κ3) is 5.05. The van der Waals surface area contributed by atoms with Gasteiger partial charge in [0.05, 0.1) is 22.7 Å². The first kappa shape index (κ1) is 19.5. The molecule has 0 saturated carbocycles. The zero-order valence-corrected chi connectivity index (χ0v) is 14.8. The van der Waals surface area contributed by atoms with E-state index in [-0.39, 0.29) is 10.8 Å². The molecule has 0 bridgehead atoms. The van der Waals surface area contributed by atoms with Crippen LogP contribution in [0.2, 0.25) is 5.02 Å². The van der Waals surface area contributed by atoms with Crippen LogP contribution >= 0.6 is 11.6 Å². The van der Waals surface area contributed by atoms with Crippen molar-refractivity contribution in [2.24, 2.45) is 0 Å². The Morgan fingerprint density at radius 2 is 2.08 bits per heavy atom. The number of hydrogen-bond acceptors (Lipinski definition) is 4. The van der Waals surface area contributed by atoms with Gasteiger partial charge in [-0.25, -0.2) is 0 Å². The molecule has 1 heterocycles. The molecule has 0 radical (unpaired) electrons. The molecule has 1 aromatic heterocycles. The number of hydrogen-bond donors (Lipinski definition) is 1. The van der Waals surface area contributed by atoms with Gasteiger partial charge in [-0.2, -0.15) is 13.2 Å². The summed E-state index contributed by atoms with van der Waals surface area (Å²) in [4.78, 5) is 12.2. The fourth-order valence-corrected chi connectivity index (χ4v) is 3.10. The summed E-state index contributed by atoms with van der Waals surface area (Å²) in [5.74, 6) is -0.539. The maximum Gasteiger partial charge on any atom is 0.418 e. The lowest BCUT2D eigenvalue weighted by Gasteiger charge is -2.16. The monoisotopic (exact) mass is 394 g/mol. The van der Waals surface area contributed by atoms with Crippen LogP contribution in [-0.4, -0.2) is 20.5 Å². The van der Waals surface area contributed by atoms with Crippen molar-refractivity contribution in [1.82, 2.24) is 5.16 Å². The summed E-state index contributed by atoms with van der Waals surface area (Å²) in [6.07, 6.45) is -4.69. The topological polar surface area (TPSA) is 72.2 Å². The molecule has 0 unspecified atom stereocenters. The summed E-state index contributed by atoms with van der Waals surface area (Å²) in [6, 6.07) is 4.57. The molecule has 25 heavy (non-hydrogen) atoms. The van der Waals surface area contributed by atoms with Gasteiger partial charge in [0.25, 0.3) is 0 Å². The first-order valence-electron chi connectivity index (χ1n) is 7.05. The van der Waals surface area contributed by atoms with Crippen LogP contribution in [0.3, 0.4) is 0 Å². The molecule has 1 aromatic carbocycles. The van der Waals surface area contributed by atoms with E-state index >= 15 is 0 Å². The van der Waals surface area contributed by atoms with Gasteiger partial charge in [-0.05, 0) is 32.0 Å². The van der Waals surface area contributed by atoms with E-state index in [1.165, 1.54) is 13.0 Å². The van der Waals surface area contributed by atoms with Crippen molar-refractivity contribution in [2.45, 2.75) is 31.0 Å². The van der Waals surface area contributed by atoms with Gasteiger partial charge in [-0.15, -0.1) is 0 Å². The lowest BCUT2D eigenvalue weighted by Crippen LogP contribution is -2.30. The predicted molar refractivity (Wildman–Crippen MR) is 87.6 cm³/mol. The number of anilines is 1. The van der Waals surface area contributed by atoms with Crippen LogP contribution < -0.4 is 5.32 Å². The highest BCUT2D eigenvalue weighted by Gasteiger charge is 2.35. The van der Waals surface area contributed by atoms with E-state index < -0.39 is 39.4 Å². The SMILES string of the molecule is Cc1cc(C[S@@](=O)[C@H](C)C(=O)Nc2ccc(Cl)cc2C(F)(F)F)on1. The Balaban J connectivity index is 2.12. The largest absolute Gasteiger partial charge is 0.418 e. The minimum Gasteiger partial charge on any atom is -0.360 e. The number of aromatic nitrogens is 1. The maximum atomic E-state index is 13.0. The van der Waals surface area contributed by atoms with Crippen molar-refractivity contribution in [3.8, 4) is 0 Å². The van der Waals surface area contributed by atoms with Crippen molar-refractivity contribution in [1.29, 1.82) is 0 Å². The molecule has 0 saturated heterocycles. The molecule has 0 aliphatic carbocycles. The predicted octanol–water partition coefficient (Wildman–Crippen LogP) is 3.93. The van der Waals surface area contributed by atoms with Crippen LogP contribution in [0.15, 0.2) is 28.8 Å². The van der Waals surface area contributed by atoms with Crippen molar-refractivity contribution >= 4 is 34.0 Å². The molecule has 1 amide bonds. The Bertz CT molecular complexity index is 808. The molecule has 2 rings (SSSR count). The summed E-state index contributed by atoms with van der Waals surface area (Å²) in [6.45, 7) is 3.04. The highest BCUT2D eigenvalue weighted by atomic mass is 35.5. The lowest BCUT2D eigenvalue weighted by molar-refractivity contribution is -0.137. The maximum absolute atomic E-state index is 13.0. The molecule has 136 valence electrons. The summed E-state index contributed by atoms with van der Waals surface area (Å²) < 4.78 is 56.2. The molecule has 0 spiro atoms. The molecule has 0 fully saturated rings. The average Bonchev–Trinajstić information content (AvgIpc) is 2.92. The number of halogens is 4. The summed E-state index contributed by atoms with van der Waals surface area (Å²) in [5.41, 5.74) is -0.918. The van der Waals surface area contributed by atoms with Crippen LogP contribution in [0, 0.1) is 6.92 Å². The smallest absolute Gasteiger partial charge is 0.360 e. The Kier molecular flexibility index (Phi) is 5.89. The molecule has 0 aliphatic rings. The van der Waals surface area contributed by atoms with Gasteiger partial charge >= 0.3 is 6.18 Å². The number of amides is 1. The van der Waals surface area contributed by atoms with Gasteiger partial charge in [-0.3, -0.25) is 9.00 Å². The number of rotatable bonds is 5. The molecule has 10 heteroatoms.